The zero-order chi connectivity index (χ0) is 13.1. The Morgan fingerprint density at radius 2 is 1.72 bits per heavy atom. The van der Waals surface area contributed by atoms with Gasteiger partial charge in [0.1, 0.15) is 5.78 Å². The lowest BCUT2D eigenvalue weighted by Gasteiger charge is -2.21. The third-order valence-electron chi connectivity index (χ3n) is 4.65. The van der Waals surface area contributed by atoms with Crippen LogP contribution in [-0.4, -0.2) is 5.78 Å². The van der Waals surface area contributed by atoms with E-state index >= 15 is 0 Å². The Labute approximate surface area is 111 Å². The van der Waals surface area contributed by atoms with Crippen LogP contribution in [0.5, 0.6) is 0 Å². The summed E-state index contributed by atoms with van der Waals surface area (Å²) in [7, 11) is 0. The maximum atomic E-state index is 11.2. The molecule has 2 rings (SSSR count). The maximum absolute atomic E-state index is 11.2. The molecular formula is C17H24O. The van der Waals surface area contributed by atoms with Crippen LogP contribution in [-0.2, 0) is 11.2 Å². The fourth-order valence-corrected chi connectivity index (χ4v) is 2.93. The topological polar surface area (TPSA) is 17.1 Å². The molecule has 0 spiro atoms. The van der Waals surface area contributed by atoms with Crippen molar-refractivity contribution in [1.29, 1.82) is 0 Å². The highest BCUT2D eigenvalue weighted by molar-refractivity contribution is 5.79. The molecule has 1 fully saturated rings. The van der Waals surface area contributed by atoms with Crippen molar-refractivity contribution in [2.75, 3.05) is 0 Å². The number of carbonyl (C=O) groups excluding carboxylic acids is 1. The highest BCUT2D eigenvalue weighted by Crippen LogP contribution is 2.27. The highest BCUT2D eigenvalue weighted by atomic mass is 16.1. The normalized spacial score (nSPS) is 17.2. The lowest BCUT2D eigenvalue weighted by atomic mass is 9.84. The van der Waals surface area contributed by atoms with E-state index in [0.717, 1.165) is 31.6 Å². The molecule has 1 aromatic rings. The molecule has 0 atom stereocenters. The van der Waals surface area contributed by atoms with Crippen LogP contribution in [0.2, 0.25) is 0 Å². The van der Waals surface area contributed by atoms with Gasteiger partial charge < -0.3 is 0 Å². The zero-order valence-electron chi connectivity index (χ0n) is 11.9. The van der Waals surface area contributed by atoms with Crippen molar-refractivity contribution >= 4 is 5.78 Å². The van der Waals surface area contributed by atoms with Crippen molar-refractivity contribution in [3.05, 3.63) is 34.4 Å². The average Bonchev–Trinajstić information content (AvgIpc) is 2.37. The average molecular weight is 244 g/mol. The molecule has 0 bridgehead atoms. The zero-order valence-corrected chi connectivity index (χ0v) is 11.9. The number of benzene rings is 1. The van der Waals surface area contributed by atoms with Gasteiger partial charge >= 0.3 is 0 Å². The van der Waals surface area contributed by atoms with E-state index in [1.807, 2.05) is 0 Å². The molecule has 1 saturated carbocycles. The second-order valence-electron chi connectivity index (χ2n) is 5.81. The second-order valence-corrected chi connectivity index (χ2v) is 5.81. The van der Waals surface area contributed by atoms with E-state index in [1.54, 1.807) is 0 Å². The first-order valence-corrected chi connectivity index (χ1v) is 7.15. The molecular weight excluding hydrogens is 220 g/mol. The minimum absolute atomic E-state index is 0.466. The molecule has 18 heavy (non-hydrogen) atoms. The van der Waals surface area contributed by atoms with Crippen molar-refractivity contribution < 1.29 is 4.79 Å². The fraction of sp³-hybridized carbons (Fsp3) is 0.588. The minimum Gasteiger partial charge on any atom is -0.300 e. The molecule has 0 unspecified atom stereocenters. The Bertz CT molecular complexity index is 435. The molecule has 0 N–H and O–H groups in total. The van der Waals surface area contributed by atoms with Crippen molar-refractivity contribution in [3.63, 3.8) is 0 Å². The van der Waals surface area contributed by atoms with Crippen LogP contribution in [0, 0.1) is 26.7 Å². The molecule has 1 aromatic carbocycles. The molecule has 1 aliphatic carbocycles. The lowest BCUT2D eigenvalue weighted by Crippen LogP contribution is -2.14. The van der Waals surface area contributed by atoms with E-state index in [-0.39, 0.29) is 0 Å². The van der Waals surface area contributed by atoms with Gasteiger partial charge in [-0.3, -0.25) is 4.79 Å². The molecule has 0 aliphatic heterocycles. The van der Waals surface area contributed by atoms with E-state index in [4.69, 9.17) is 0 Å². The van der Waals surface area contributed by atoms with Gasteiger partial charge in [-0.2, -0.15) is 0 Å². The van der Waals surface area contributed by atoms with Crippen molar-refractivity contribution in [1.82, 2.24) is 0 Å². The van der Waals surface area contributed by atoms with Crippen LogP contribution in [0.25, 0.3) is 0 Å². The first-order valence-electron chi connectivity index (χ1n) is 7.15. The van der Waals surface area contributed by atoms with Gasteiger partial charge in [-0.1, -0.05) is 12.1 Å². The predicted octanol–water partition coefficient (Wildman–Crippen LogP) is 4.30. The Morgan fingerprint density at radius 1 is 1.06 bits per heavy atom. The highest BCUT2D eigenvalue weighted by Gasteiger charge is 2.18. The van der Waals surface area contributed by atoms with Crippen LogP contribution in [0.1, 0.15) is 54.4 Å². The molecule has 98 valence electrons. The van der Waals surface area contributed by atoms with Gasteiger partial charge in [-0.25, -0.2) is 0 Å². The summed E-state index contributed by atoms with van der Waals surface area (Å²) >= 11 is 0. The number of ketones is 1. The number of hydrogen-bond donors (Lipinski definition) is 0. The van der Waals surface area contributed by atoms with E-state index in [1.165, 1.54) is 35.1 Å². The quantitative estimate of drug-likeness (QED) is 0.774. The van der Waals surface area contributed by atoms with Crippen LogP contribution >= 0.6 is 0 Å². The monoisotopic (exact) mass is 244 g/mol. The summed E-state index contributed by atoms with van der Waals surface area (Å²) in [5, 5.41) is 0. The van der Waals surface area contributed by atoms with Crippen LogP contribution in [0.4, 0.5) is 0 Å². The first-order chi connectivity index (χ1) is 8.58. The Balaban J connectivity index is 1.94. The van der Waals surface area contributed by atoms with Crippen molar-refractivity contribution in [2.24, 2.45) is 5.92 Å². The largest absolute Gasteiger partial charge is 0.300 e. The number of carbonyl (C=O) groups is 1. The Kier molecular flexibility index (Phi) is 4.21. The van der Waals surface area contributed by atoms with Crippen LogP contribution in [0.3, 0.4) is 0 Å². The summed E-state index contributed by atoms with van der Waals surface area (Å²) in [6, 6.07) is 4.52. The molecule has 1 heteroatoms. The molecule has 0 heterocycles. The smallest absolute Gasteiger partial charge is 0.132 e. The number of aryl methyl sites for hydroxylation is 2. The fourth-order valence-electron chi connectivity index (χ4n) is 2.93. The molecule has 1 nitrogen and oxygen atoms in total. The van der Waals surface area contributed by atoms with Crippen molar-refractivity contribution in [3.8, 4) is 0 Å². The van der Waals surface area contributed by atoms with Gasteiger partial charge in [0.15, 0.2) is 0 Å². The van der Waals surface area contributed by atoms with Gasteiger partial charge in [0, 0.05) is 12.8 Å². The van der Waals surface area contributed by atoms with Gasteiger partial charge in [-0.05, 0) is 74.6 Å². The SMILES string of the molecule is Cc1ccc(CCC2CCC(=O)CC2)c(C)c1C. The van der Waals surface area contributed by atoms with E-state index in [0.29, 0.717) is 5.78 Å². The van der Waals surface area contributed by atoms with Crippen LogP contribution in [0.15, 0.2) is 12.1 Å². The number of hydrogen-bond acceptors (Lipinski definition) is 1. The molecule has 0 saturated heterocycles. The Hall–Kier alpha value is -1.11. The van der Waals surface area contributed by atoms with E-state index in [2.05, 4.69) is 32.9 Å². The number of rotatable bonds is 3. The summed E-state index contributed by atoms with van der Waals surface area (Å²) in [4.78, 5) is 11.2. The third kappa shape index (κ3) is 3.01. The molecule has 0 aromatic heterocycles. The molecule has 1 aliphatic rings. The first kappa shape index (κ1) is 13.3. The van der Waals surface area contributed by atoms with Gasteiger partial charge in [0.05, 0.1) is 0 Å². The van der Waals surface area contributed by atoms with E-state index in [9.17, 15) is 4.79 Å². The van der Waals surface area contributed by atoms with Gasteiger partial charge in [0.2, 0.25) is 0 Å². The second kappa shape index (κ2) is 5.69. The summed E-state index contributed by atoms with van der Waals surface area (Å²) in [6.45, 7) is 6.63. The van der Waals surface area contributed by atoms with Crippen molar-refractivity contribution in [2.45, 2.75) is 59.3 Å². The Morgan fingerprint density at radius 3 is 2.39 bits per heavy atom. The third-order valence-corrected chi connectivity index (χ3v) is 4.65. The summed E-state index contributed by atoms with van der Waals surface area (Å²) < 4.78 is 0. The lowest BCUT2D eigenvalue weighted by molar-refractivity contribution is -0.121. The minimum atomic E-state index is 0.466. The van der Waals surface area contributed by atoms with E-state index < -0.39 is 0 Å². The molecule has 0 radical (unpaired) electrons. The maximum Gasteiger partial charge on any atom is 0.132 e. The molecule has 0 amide bonds. The van der Waals surface area contributed by atoms with Gasteiger partial charge in [-0.15, -0.1) is 0 Å². The standard InChI is InChI=1S/C17H24O/c1-12-4-8-16(14(3)13(12)2)9-5-15-6-10-17(18)11-7-15/h4,8,15H,5-7,9-11H2,1-3H3. The van der Waals surface area contributed by atoms with Crippen LogP contribution < -0.4 is 0 Å². The summed E-state index contributed by atoms with van der Waals surface area (Å²) in [5.74, 6) is 1.23. The summed E-state index contributed by atoms with van der Waals surface area (Å²) in [5.41, 5.74) is 5.78. The van der Waals surface area contributed by atoms with Gasteiger partial charge in [0.25, 0.3) is 0 Å². The number of Topliss-reactive ketones (excluding diaryl/α,β-unsaturated/α-hetero) is 1. The summed E-state index contributed by atoms with van der Waals surface area (Å²) in [6.07, 6.45) is 6.28. The predicted molar refractivity (Wildman–Crippen MR) is 75.9 cm³/mol.